The lowest BCUT2D eigenvalue weighted by molar-refractivity contribution is 0.243. The van der Waals surface area contributed by atoms with Crippen LogP contribution in [0.1, 0.15) is 39.3 Å². The Morgan fingerprint density at radius 3 is 2.74 bits per heavy atom. The first kappa shape index (κ1) is 24.2. The fourth-order valence-corrected chi connectivity index (χ4v) is 3.34. The number of halogens is 2. The van der Waals surface area contributed by atoms with Crippen molar-refractivity contribution >= 4 is 51.5 Å². The first-order valence-electron chi connectivity index (χ1n) is 9.28. The van der Waals surface area contributed by atoms with E-state index in [1.54, 1.807) is 0 Å². The van der Waals surface area contributed by atoms with E-state index in [2.05, 4.69) is 57.3 Å². The van der Waals surface area contributed by atoms with E-state index in [1.165, 1.54) is 0 Å². The third kappa shape index (κ3) is 8.35. The van der Waals surface area contributed by atoms with Crippen LogP contribution in [0.25, 0.3) is 5.65 Å². The lowest BCUT2D eigenvalue weighted by Crippen LogP contribution is -2.40. The maximum Gasteiger partial charge on any atom is 0.191 e. The average Bonchev–Trinajstić information content (AvgIpc) is 2.98. The van der Waals surface area contributed by atoms with Gasteiger partial charge in [-0.15, -0.1) is 24.0 Å². The number of nitrogens with one attached hydrogen (secondary N) is 2. The number of guanidine groups is 1. The van der Waals surface area contributed by atoms with Crippen LogP contribution in [0.4, 0.5) is 0 Å². The number of nitrogens with zero attached hydrogens (tertiary/aromatic N) is 3. The van der Waals surface area contributed by atoms with Gasteiger partial charge in [-0.05, 0) is 59.7 Å². The Bertz CT molecular complexity index is 719. The highest BCUT2D eigenvalue weighted by Crippen LogP contribution is 2.15. The molecule has 0 radical (unpaired) electrons. The fraction of sp³-hybridized carbons (Fsp3) is 0.579. The molecule has 2 aromatic rings. The van der Waals surface area contributed by atoms with Gasteiger partial charge in [0.05, 0.1) is 12.2 Å². The molecule has 0 bridgehead atoms. The molecule has 2 aromatic heterocycles. The summed E-state index contributed by atoms with van der Waals surface area (Å²) >= 11 is 3.47. The van der Waals surface area contributed by atoms with Gasteiger partial charge < -0.3 is 20.1 Å². The topological polar surface area (TPSA) is 74.0 Å². The van der Waals surface area contributed by atoms with Gasteiger partial charge in [0.15, 0.2) is 5.96 Å². The predicted octanol–water partition coefficient (Wildman–Crippen LogP) is 3.81. The third-order valence-corrected chi connectivity index (χ3v) is 4.58. The SMILES string of the molecule is CCNC(=NCc1cn2cc(Br)ccc2n1)NCC(CCO)CC(C)C.I. The monoisotopic (exact) mass is 551 g/mol. The Kier molecular flexibility index (Phi) is 11.2. The molecule has 0 spiro atoms. The summed E-state index contributed by atoms with van der Waals surface area (Å²) in [6, 6.07) is 3.96. The molecular formula is C19H31BrIN5O. The first-order valence-corrected chi connectivity index (χ1v) is 10.1. The van der Waals surface area contributed by atoms with Gasteiger partial charge in [0, 0.05) is 36.6 Å². The zero-order valence-corrected chi connectivity index (χ0v) is 20.2. The van der Waals surface area contributed by atoms with Gasteiger partial charge in [-0.3, -0.25) is 0 Å². The minimum absolute atomic E-state index is 0. The van der Waals surface area contributed by atoms with E-state index >= 15 is 0 Å². The summed E-state index contributed by atoms with van der Waals surface area (Å²) in [5, 5.41) is 16.0. The highest BCUT2D eigenvalue weighted by atomic mass is 127. The van der Waals surface area contributed by atoms with Crippen molar-refractivity contribution in [2.45, 2.75) is 40.2 Å². The Balaban J connectivity index is 0.00000364. The number of rotatable bonds is 9. The number of aromatic nitrogens is 2. The second-order valence-corrected chi connectivity index (χ2v) is 7.84. The van der Waals surface area contributed by atoms with Gasteiger partial charge in [0.25, 0.3) is 0 Å². The quantitative estimate of drug-likeness (QED) is 0.252. The summed E-state index contributed by atoms with van der Waals surface area (Å²) in [5.74, 6) is 1.85. The summed E-state index contributed by atoms with van der Waals surface area (Å²) in [6.45, 7) is 8.84. The maximum absolute atomic E-state index is 9.27. The highest BCUT2D eigenvalue weighted by molar-refractivity contribution is 14.0. The molecule has 8 heteroatoms. The van der Waals surface area contributed by atoms with E-state index in [0.29, 0.717) is 18.4 Å². The van der Waals surface area contributed by atoms with Crippen molar-refractivity contribution in [1.82, 2.24) is 20.0 Å². The number of imidazole rings is 1. The van der Waals surface area contributed by atoms with Crippen LogP contribution in [-0.4, -0.2) is 40.1 Å². The number of aliphatic imine (C=N–C) groups is 1. The standard InChI is InChI=1S/C19H30BrN5O.HI/c1-4-21-19(22-10-15(7-8-26)9-14(2)3)23-11-17-13-25-12-16(20)5-6-18(25)24-17;/h5-6,12-15,26H,4,7-11H2,1-3H3,(H2,21,22,23);1H. The number of aliphatic hydroxyl groups is 1. The molecule has 1 atom stereocenters. The van der Waals surface area contributed by atoms with Crippen LogP contribution < -0.4 is 10.6 Å². The number of pyridine rings is 1. The van der Waals surface area contributed by atoms with Crippen molar-refractivity contribution in [3.63, 3.8) is 0 Å². The molecule has 6 nitrogen and oxygen atoms in total. The summed E-state index contributed by atoms with van der Waals surface area (Å²) < 4.78 is 3.02. The average molecular weight is 552 g/mol. The summed E-state index contributed by atoms with van der Waals surface area (Å²) in [6.07, 6.45) is 5.89. The highest BCUT2D eigenvalue weighted by Gasteiger charge is 2.11. The normalized spacial score (nSPS) is 12.9. The van der Waals surface area contributed by atoms with E-state index in [1.807, 2.05) is 28.9 Å². The maximum atomic E-state index is 9.27. The van der Waals surface area contributed by atoms with E-state index in [9.17, 15) is 5.11 Å². The third-order valence-electron chi connectivity index (χ3n) is 4.11. The molecule has 3 N–H and O–H groups in total. The number of aliphatic hydroxyl groups excluding tert-OH is 1. The van der Waals surface area contributed by atoms with Crippen molar-refractivity contribution in [2.24, 2.45) is 16.8 Å². The van der Waals surface area contributed by atoms with Crippen LogP contribution in [0.5, 0.6) is 0 Å². The molecule has 0 amide bonds. The van der Waals surface area contributed by atoms with Crippen molar-refractivity contribution in [3.8, 4) is 0 Å². The minimum atomic E-state index is 0. The van der Waals surface area contributed by atoms with E-state index in [-0.39, 0.29) is 30.6 Å². The van der Waals surface area contributed by atoms with Crippen molar-refractivity contribution in [2.75, 3.05) is 19.7 Å². The first-order chi connectivity index (χ1) is 12.5. The van der Waals surface area contributed by atoms with Crippen molar-refractivity contribution in [3.05, 3.63) is 34.7 Å². The van der Waals surface area contributed by atoms with Crippen LogP contribution in [0, 0.1) is 11.8 Å². The molecule has 2 rings (SSSR count). The molecule has 0 saturated heterocycles. The van der Waals surface area contributed by atoms with Gasteiger partial charge in [0.2, 0.25) is 0 Å². The molecule has 0 aliphatic rings. The Labute approximate surface area is 187 Å². The van der Waals surface area contributed by atoms with Crippen molar-refractivity contribution < 1.29 is 5.11 Å². The molecule has 1 unspecified atom stereocenters. The van der Waals surface area contributed by atoms with Gasteiger partial charge in [-0.2, -0.15) is 0 Å². The van der Waals surface area contributed by atoms with Gasteiger partial charge in [0.1, 0.15) is 5.65 Å². The molecule has 152 valence electrons. The number of hydrogen-bond donors (Lipinski definition) is 3. The molecule has 0 aliphatic carbocycles. The Morgan fingerprint density at radius 2 is 2.07 bits per heavy atom. The van der Waals surface area contributed by atoms with Gasteiger partial charge in [-0.25, -0.2) is 9.98 Å². The second kappa shape index (κ2) is 12.6. The van der Waals surface area contributed by atoms with Crippen LogP contribution in [0.3, 0.4) is 0 Å². The lowest BCUT2D eigenvalue weighted by Gasteiger charge is -2.20. The van der Waals surface area contributed by atoms with Crippen LogP contribution >= 0.6 is 39.9 Å². The minimum Gasteiger partial charge on any atom is -0.396 e. The van der Waals surface area contributed by atoms with E-state index in [4.69, 9.17) is 0 Å². The Morgan fingerprint density at radius 1 is 1.30 bits per heavy atom. The molecule has 0 aromatic carbocycles. The molecule has 2 heterocycles. The van der Waals surface area contributed by atoms with Gasteiger partial charge in [-0.1, -0.05) is 13.8 Å². The molecular weight excluding hydrogens is 521 g/mol. The van der Waals surface area contributed by atoms with Crippen molar-refractivity contribution in [1.29, 1.82) is 0 Å². The lowest BCUT2D eigenvalue weighted by atomic mass is 9.94. The van der Waals surface area contributed by atoms with Crippen LogP contribution in [0.2, 0.25) is 0 Å². The molecule has 27 heavy (non-hydrogen) atoms. The zero-order chi connectivity index (χ0) is 18.9. The zero-order valence-electron chi connectivity index (χ0n) is 16.3. The number of hydrogen-bond acceptors (Lipinski definition) is 3. The largest absolute Gasteiger partial charge is 0.396 e. The smallest absolute Gasteiger partial charge is 0.191 e. The van der Waals surface area contributed by atoms with E-state index in [0.717, 1.165) is 47.7 Å². The predicted molar refractivity (Wildman–Crippen MR) is 126 cm³/mol. The van der Waals surface area contributed by atoms with E-state index < -0.39 is 0 Å². The van der Waals surface area contributed by atoms with Crippen LogP contribution in [0.15, 0.2) is 34.0 Å². The summed E-state index contributed by atoms with van der Waals surface area (Å²) in [4.78, 5) is 9.25. The summed E-state index contributed by atoms with van der Waals surface area (Å²) in [5.41, 5.74) is 1.84. The van der Waals surface area contributed by atoms with Crippen LogP contribution in [-0.2, 0) is 6.54 Å². The second-order valence-electron chi connectivity index (χ2n) is 6.93. The fourth-order valence-electron chi connectivity index (χ4n) is 2.99. The molecule has 0 fully saturated rings. The molecule has 0 aliphatic heterocycles. The Hall–Kier alpha value is -0.870. The molecule has 0 saturated carbocycles. The summed E-state index contributed by atoms with van der Waals surface area (Å²) in [7, 11) is 0. The number of fused-ring (bicyclic) bond motifs is 1. The van der Waals surface area contributed by atoms with Gasteiger partial charge >= 0.3 is 0 Å².